The second-order valence-electron chi connectivity index (χ2n) is 11.8. The molecule has 0 unspecified atom stereocenters. The number of halogens is 2. The SMILES string of the molecule is C=C(C)Cc1cc(C(=O)N2CCC(c3cc4ccccc4n3Cc3cccc(F)c3)CC2)ccc1C(=N)c1cccc(F)c1. The van der Waals surface area contributed by atoms with Crippen molar-refractivity contribution in [3.8, 4) is 0 Å². The standard InChI is InChI=1S/C38H35F2N3O/c1-25(2)19-31-21-30(13-14-34(31)37(41)29-9-6-11-33(40)22-29)38(44)42-17-15-27(16-18-42)36-23-28-8-3-4-12-35(28)43(36)24-26-7-5-10-32(39)20-26/h3-14,20-23,27,41H,1,15-19,24H2,2H3. The number of rotatable bonds is 8. The fourth-order valence-corrected chi connectivity index (χ4v) is 6.37. The lowest BCUT2D eigenvalue weighted by Crippen LogP contribution is -2.38. The van der Waals surface area contributed by atoms with Crippen LogP contribution in [0.1, 0.15) is 64.0 Å². The van der Waals surface area contributed by atoms with Crippen LogP contribution in [0.5, 0.6) is 0 Å². The summed E-state index contributed by atoms with van der Waals surface area (Å²) in [5.74, 6) is -0.389. The number of allylic oxidation sites excluding steroid dienone is 1. The Morgan fingerprint density at radius 3 is 2.32 bits per heavy atom. The molecule has 1 aliphatic heterocycles. The molecule has 4 nitrogen and oxygen atoms in total. The summed E-state index contributed by atoms with van der Waals surface area (Å²) in [7, 11) is 0. The summed E-state index contributed by atoms with van der Waals surface area (Å²) in [6.45, 7) is 7.80. The largest absolute Gasteiger partial charge is 0.340 e. The lowest BCUT2D eigenvalue weighted by atomic mass is 9.91. The van der Waals surface area contributed by atoms with Gasteiger partial charge in [0, 0.05) is 53.5 Å². The predicted octanol–water partition coefficient (Wildman–Crippen LogP) is 8.52. The number of hydrogen-bond donors (Lipinski definition) is 1. The monoisotopic (exact) mass is 587 g/mol. The van der Waals surface area contributed by atoms with Gasteiger partial charge in [-0.3, -0.25) is 10.2 Å². The number of carbonyl (C=O) groups is 1. The number of piperidine rings is 1. The number of carbonyl (C=O) groups excluding carboxylic acids is 1. The normalized spacial score (nSPS) is 13.8. The zero-order valence-corrected chi connectivity index (χ0v) is 24.8. The van der Waals surface area contributed by atoms with Gasteiger partial charge in [-0.1, -0.05) is 60.7 Å². The molecule has 0 bridgehead atoms. The molecule has 44 heavy (non-hydrogen) atoms. The van der Waals surface area contributed by atoms with Gasteiger partial charge in [0.2, 0.25) is 0 Å². The van der Waals surface area contributed by atoms with Gasteiger partial charge in [0.1, 0.15) is 11.6 Å². The second-order valence-corrected chi connectivity index (χ2v) is 11.8. The highest BCUT2D eigenvalue weighted by atomic mass is 19.1. The maximum atomic E-state index is 14.0. The molecule has 6 rings (SSSR count). The molecule has 0 aliphatic carbocycles. The van der Waals surface area contributed by atoms with Crippen LogP contribution in [0.4, 0.5) is 8.78 Å². The lowest BCUT2D eigenvalue weighted by molar-refractivity contribution is 0.0711. The average molecular weight is 588 g/mol. The van der Waals surface area contributed by atoms with Crippen LogP contribution in [0.15, 0.2) is 109 Å². The summed E-state index contributed by atoms with van der Waals surface area (Å²) >= 11 is 0. The average Bonchev–Trinajstić information content (AvgIpc) is 3.38. The highest BCUT2D eigenvalue weighted by Crippen LogP contribution is 2.34. The third kappa shape index (κ3) is 6.11. The van der Waals surface area contributed by atoms with E-state index < -0.39 is 5.82 Å². The van der Waals surface area contributed by atoms with E-state index in [4.69, 9.17) is 5.41 Å². The van der Waals surface area contributed by atoms with Crippen molar-refractivity contribution in [3.63, 3.8) is 0 Å². The first-order valence-electron chi connectivity index (χ1n) is 15.0. The molecule has 1 saturated heterocycles. The van der Waals surface area contributed by atoms with Crippen molar-refractivity contribution in [3.05, 3.63) is 154 Å². The minimum atomic E-state index is -0.391. The molecule has 222 valence electrons. The first kappa shape index (κ1) is 29.2. The number of para-hydroxylation sites is 1. The summed E-state index contributed by atoms with van der Waals surface area (Å²) in [6.07, 6.45) is 2.17. The number of benzene rings is 4. The Hall–Kier alpha value is -4.84. The smallest absolute Gasteiger partial charge is 0.253 e. The lowest BCUT2D eigenvalue weighted by Gasteiger charge is -2.33. The summed E-state index contributed by atoms with van der Waals surface area (Å²) in [4.78, 5) is 15.6. The zero-order chi connectivity index (χ0) is 30.8. The van der Waals surface area contributed by atoms with E-state index in [1.54, 1.807) is 36.4 Å². The van der Waals surface area contributed by atoms with Crippen LogP contribution in [0.25, 0.3) is 10.9 Å². The van der Waals surface area contributed by atoms with Gasteiger partial charge in [-0.25, -0.2) is 8.78 Å². The van der Waals surface area contributed by atoms with Crippen LogP contribution in [0, 0.1) is 17.0 Å². The van der Waals surface area contributed by atoms with Crippen molar-refractivity contribution in [2.45, 2.75) is 38.6 Å². The van der Waals surface area contributed by atoms with E-state index in [9.17, 15) is 13.6 Å². The van der Waals surface area contributed by atoms with Crippen LogP contribution >= 0.6 is 0 Å². The number of nitrogens with zero attached hydrogens (tertiary/aromatic N) is 2. The van der Waals surface area contributed by atoms with E-state index in [0.29, 0.717) is 42.7 Å². The van der Waals surface area contributed by atoms with Crippen LogP contribution in [0.2, 0.25) is 0 Å². The van der Waals surface area contributed by atoms with E-state index in [2.05, 4.69) is 29.3 Å². The third-order valence-corrected chi connectivity index (χ3v) is 8.50. The van der Waals surface area contributed by atoms with Crippen molar-refractivity contribution < 1.29 is 13.6 Å². The fourth-order valence-electron chi connectivity index (χ4n) is 6.37. The van der Waals surface area contributed by atoms with Crippen molar-refractivity contribution in [1.82, 2.24) is 9.47 Å². The molecular weight excluding hydrogens is 552 g/mol. The molecule has 1 aliphatic rings. The summed E-state index contributed by atoms with van der Waals surface area (Å²) in [5.41, 5.74) is 6.95. The van der Waals surface area contributed by atoms with Crippen LogP contribution in [-0.4, -0.2) is 34.2 Å². The molecule has 1 aromatic heterocycles. The molecule has 1 N–H and O–H groups in total. The van der Waals surface area contributed by atoms with Crippen molar-refractivity contribution >= 4 is 22.5 Å². The van der Waals surface area contributed by atoms with E-state index in [1.165, 1.54) is 23.9 Å². The summed E-state index contributed by atoms with van der Waals surface area (Å²) in [5, 5.41) is 9.92. The van der Waals surface area contributed by atoms with Crippen LogP contribution in [-0.2, 0) is 13.0 Å². The van der Waals surface area contributed by atoms with Gasteiger partial charge in [0.15, 0.2) is 0 Å². The summed E-state index contributed by atoms with van der Waals surface area (Å²) in [6, 6.07) is 28.8. The molecule has 2 heterocycles. The first-order chi connectivity index (χ1) is 21.3. The van der Waals surface area contributed by atoms with Gasteiger partial charge in [-0.05, 0) is 91.2 Å². The quantitative estimate of drug-likeness (QED) is 0.144. The number of likely N-dealkylation sites (tertiary alicyclic amines) is 1. The molecule has 0 spiro atoms. The summed E-state index contributed by atoms with van der Waals surface area (Å²) < 4.78 is 30.2. The number of fused-ring (bicyclic) bond motifs is 1. The minimum absolute atomic E-state index is 0.0319. The number of nitrogens with one attached hydrogen (secondary N) is 1. The Kier molecular flexibility index (Phi) is 8.25. The Morgan fingerprint density at radius 1 is 0.864 bits per heavy atom. The molecule has 1 fully saturated rings. The number of aromatic nitrogens is 1. The van der Waals surface area contributed by atoms with E-state index in [0.717, 1.165) is 40.4 Å². The molecule has 4 aromatic carbocycles. The van der Waals surface area contributed by atoms with E-state index in [-0.39, 0.29) is 23.4 Å². The third-order valence-electron chi connectivity index (χ3n) is 8.50. The molecule has 0 atom stereocenters. The Labute approximate surface area is 256 Å². The molecule has 6 heteroatoms. The molecule has 1 amide bonds. The molecule has 5 aromatic rings. The zero-order valence-electron chi connectivity index (χ0n) is 24.8. The maximum absolute atomic E-state index is 14.0. The Bertz CT molecular complexity index is 1880. The highest BCUT2D eigenvalue weighted by molar-refractivity contribution is 6.12. The first-order valence-corrected chi connectivity index (χ1v) is 15.0. The molecule has 0 radical (unpaired) electrons. The molecule has 0 saturated carbocycles. The van der Waals surface area contributed by atoms with Crippen molar-refractivity contribution in [2.75, 3.05) is 13.1 Å². The van der Waals surface area contributed by atoms with E-state index >= 15 is 0 Å². The predicted molar refractivity (Wildman–Crippen MR) is 173 cm³/mol. The van der Waals surface area contributed by atoms with Gasteiger partial charge in [-0.2, -0.15) is 0 Å². The minimum Gasteiger partial charge on any atom is -0.340 e. The fraction of sp³-hybridized carbons (Fsp3) is 0.211. The van der Waals surface area contributed by atoms with Gasteiger partial charge in [-0.15, -0.1) is 0 Å². The van der Waals surface area contributed by atoms with Gasteiger partial charge >= 0.3 is 0 Å². The van der Waals surface area contributed by atoms with E-state index in [1.807, 2.05) is 36.1 Å². The van der Waals surface area contributed by atoms with Gasteiger partial charge in [0.05, 0.1) is 5.71 Å². The Balaban J connectivity index is 1.21. The van der Waals surface area contributed by atoms with Gasteiger partial charge in [0.25, 0.3) is 5.91 Å². The van der Waals surface area contributed by atoms with Gasteiger partial charge < -0.3 is 9.47 Å². The Morgan fingerprint density at radius 2 is 1.59 bits per heavy atom. The second kappa shape index (κ2) is 12.4. The van der Waals surface area contributed by atoms with Crippen molar-refractivity contribution in [2.24, 2.45) is 0 Å². The number of hydrogen-bond acceptors (Lipinski definition) is 2. The van der Waals surface area contributed by atoms with Crippen molar-refractivity contribution in [1.29, 1.82) is 5.41 Å². The van der Waals surface area contributed by atoms with Crippen LogP contribution < -0.4 is 0 Å². The highest BCUT2D eigenvalue weighted by Gasteiger charge is 2.28. The number of amides is 1. The van der Waals surface area contributed by atoms with Crippen LogP contribution in [0.3, 0.4) is 0 Å². The topological polar surface area (TPSA) is 49.1 Å². The maximum Gasteiger partial charge on any atom is 0.253 e. The molecular formula is C38H35F2N3O.